The van der Waals surface area contributed by atoms with Crippen LogP contribution < -0.4 is 4.74 Å². The van der Waals surface area contributed by atoms with Gasteiger partial charge >= 0.3 is 0 Å². The largest absolute Gasteiger partial charge is 0.492 e. The number of hydrogen-bond donors (Lipinski definition) is 2. The van der Waals surface area contributed by atoms with Crippen molar-refractivity contribution in [2.45, 2.75) is 51.2 Å². The summed E-state index contributed by atoms with van der Waals surface area (Å²) < 4.78 is 5.87. The summed E-state index contributed by atoms with van der Waals surface area (Å²) in [6.45, 7) is 5.19. The SMILES string of the molecule is C[C@]12C=CC(=O)CC1=CC[C@@H]1[C@@H]2[C@@H](O)C[C@@]2(C)[C@H]1C[C@H]1CN(CCOc3ccccc3)O[C@]12C(=O)CO. The van der Waals surface area contributed by atoms with Crippen LogP contribution in [0.4, 0.5) is 0 Å². The predicted octanol–water partition coefficient (Wildman–Crippen LogP) is 3.12. The van der Waals surface area contributed by atoms with E-state index < -0.39 is 23.7 Å². The molecule has 198 valence electrons. The zero-order valence-corrected chi connectivity index (χ0v) is 21.6. The van der Waals surface area contributed by atoms with E-state index in [9.17, 15) is 19.8 Å². The second kappa shape index (κ2) is 8.87. The Bertz CT molecular complexity index is 1150. The summed E-state index contributed by atoms with van der Waals surface area (Å²) in [4.78, 5) is 32.2. The second-order valence-corrected chi connectivity index (χ2v) is 12.1. The number of rotatable bonds is 6. The average molecular weight is 508 g/mol. The zero-order chi connectivity index (χ0) is 26.0. The van der Waals surface area contributed by atoms with E-state index in [1.807, 2.05) is 41.5 Å². The second-order valence-electron chi connectivity index (χ2n) is 12.1. The van der Waals surface area contributed by atoms with E-state index >= 15 is 0 Å². The molecule has 0 radical (unpaired) electrons. The average Bonchev–Trinajstić information content (AvgIpc) is 3.36. The van der Waals surface area contributed by atoms with E-state index in [0.29, 0.717) is 32.5 Å². The number of Topliss-reactive ketones (excluding diaryl/α,β-unsaturated/α-hetero) is 1. The minimum Gasteiger partial charge on any atom is -0.492 e. The summed E-state index contributed by atoms with van der Waals surface area (Å²) in [5.41, 5.74) is -1.01. The first kappa shape index (κ1) is 25.0. The van der Waals surface area contributed by atoms with Crippen LogP contribution in [-0.4, -0.2) is 64.9 Å². The Balaban J connectivity index is 1.27. The highest BCUT2D eigenvalue weighted by atomic mass is 16.7. The standard InChI is InChI=1S/C30H37NO6/c1-28-11-10-21(33)14-19(28)8-9-23-24-15-20-17-31(12-13-36-22-6-4-3-5-7-22)37-30(20,26(35)18-32)29(24,2)16-25(34)27(23)28/h3-8,10-11,20,23-25,27,32,34H,9,12-18H2,1-2H3/t20-,23-,24-,25-,27+,28-,29-,30-/m0/s1. The third kappa shape index (κ3) is 3.54. The van der Waals surface area contributed by atoms with Gasteiger partial charge in [-0.2, -0.15) is 5.06 Å². The smallest absolute Gasteiger partial charge is 0.192 e. The van der Waals surface area contributed by atoms with Crippen LogP contribution in [0.1, 0.15) is 39.5 Å². The quantitative estimate of drug-likeness (QED) is 0.571. The summed E-state index contributed by atoms with van der Waals surface area (Å²) >= 11 is 0. The lowest BCUT2D eigenvalue weighted by atomic mass is 9.47. The van der Waals surface area contributed by atoms with Gasteiger partial charge in [-0.05, 0) is 49.3 Å². The van der Waals surface area contributed by atoms with Crippen LogP contribution >= 0.6 is 0 Å². The van der Waals surface area contributed by atoms with Crippen molar-refractivity contribution in [3.8, 4) is 5.75 Å². The number of ether oxygens (including phenoxy) is 1. The number of fused-ring (bicyclic) bond motifs is 7. The minimum atomic E-state index is -1.16. The number of hydroxylamine groups is 2. The van der Waals surface area contributed by atoms with Crippen LogP contribution in [-0.2, 0) is 14.4 Å². The Morgan fingerprint density at radius 3 is 2.78 bits per heavy atom. The van der Waals surface area contributed by atoms with Crippen molar-refractivity contribution in [3.63, 3.8) is 0 Å². The third-order valence-electron chi connectivity index (χ3n) is 10.4. The van der Waals surface area contributed by atoms with Gasteiger partial charge in [-0.3, -0.25) is 14.4 Å². The molecule has 1 aliphatic heterocycles. The van der Waals surface area contributed by atoms with Gasteiger partial charge in [0.25, 0.3) is 0 Å². The summed E-state index contributed by atoms with van der Waals surface area (Å²) in [5.74, 6) is 0.883. The van der Waals surface area contributed by atoms with Crippen LogP contribution in [0, 0.1) is 34.5 Å². The van der Waals surface area contributed by atoms with Crippen molar-refractivity contribution in [1.82, 2.24) is 5.06 Å². The number of benzene rings is 1. The van der Waals surface area contributed by atoms with E-state index in [-0.39, 0.29) is 40.7 Å². The molecular formula is C30H37NO6. The Kier molecular flexibility index (Phi) is 5.99. The first-order valence-electron chi connectivity index (χ1n) is 13.6. The molecule has 2 N–H and O–H groups in total. The molecule has 1 heterocycles. The van der Waals surface area contributed by atoms with E-state index in [4.69, 9.17) is 9.57 Å². The van der Waals surface area contributed by atoms with Crippen molar-refractivity contribution in [1.29, 1.82) is 0 Å². The molecule has 37 heavy (non-hydrogen) atoms. The number of nitrogens with zero attached hydrogens (tertiary/aromatic N) is 1. The highest BCUT2D eigenvalue weighted by molar-refractivity contribution is 5.93. The van der Waals surface area contributed by atoms with Crippen LogP contribution in [0.5, 0.6) is 5.75 Å². The van der Waals surface area contributed by atoms with Gasteiger partial charge in [0.15, 0.2) is 17.2 Å². The molecule has 0 unspecified atom stereocenters. The van der Waals surface area contributed by atoms with Crippen LogP contribution in [0.2, 0.25) is 0 Å². The maximum absolute atomic E-state index is 13.5. The molecule has 0 spiro atoms. The van der Waals surface area contributed by atoms with E-state index in [1.54, 1.807) is 6.08 Å². The van der Waals surface area contributed by atoms with Crippen molar-refractivity contribution in [2.24, 2.45) is 34.5 Å². The number of carbonyl (C=O) groups excluding carboxylic acids is 2. The first-order valence-corrected chi connectivity index (χ1v) is 13.6. The fourth-order valence-corrected chi connectivity index (χ4v) is 8.88. The van der Waals surface area contributed by atoms with Gasteiger partial charge in [-0.15, -0.1) is 0 Å². The fraction of sp³-hybridized carbons (Fsp3) is 0.600. The number of para-hydroxylation sites is 1. The lowest BCUT2D eigenvalue weighted by Gasteiger charge is -2.59. The van der Waals surface area contributed by atoms with Gasteiger partial charge in [0.2, 0.25) is 0 Å². The molecule has 3 fully saturated rings. The van der Waals surface area contributed by atoms with Crippen molar-refractivity contribution in [3.05, 3.63) is 54.1 Å². The first-order chi connectivity index (χ1) is 17.7. The van der Waals surface area contributed by atoms with Gasteiger partial charge in [0, 0.05) is 35.6 Å². The number of hydrogen-bond acceptors (Lipinski definition) is 7. The Morgan fingerprint density at radius 1 is 1.24 bits per heavy atom. The van der Waals surface area contributed by atoms with Gasteiger partial charge in [0.1, 0.15) is 19.0 Å². The van der Waals surface area contributed by atoms with Crippen molar-refractivity contribution in [2.75, 3.05) is 26.3 Å². The Hall–Kier alpha value is -2.32. The molecule has 1 saturated heterocycles. The number of aliphatic hydroxyl groups is 2. The molecule has 0 aromatic heterocycles. The molecule has 5 aliphatic rings. The summed E-state index contributed by atoms with van der Waals surface area (Å²) in [6, 6.07) is 9.60. The Morgan fingerprint density at radius 2 is 2.03 bits per heavy atom. The van der Waals surface area contributed by atoms with Gasteiger partial charge in [-0.1, -0.05) is 49.8 Å². The molecule has 0 amide bonds. The van der Waals surface area contributed by atoms with Gasteiger partial charge in [0.05, 0.1) is 12.6 Å². The molecule has 1 aromatic carbocycles. The normalized spacial score (nSPS) is 42.4. The minimum absolute atomic E-state index is 0.00888. The maximum Gasteiger partial charge on any atom is 0.192 e. The molecule has 8 atom stereocenters. The number of carbonyl (C=O) groups is 2. The Labute approximate surface area is 218 Å². The molecule has 7 heteroatoms. The number of allylic oxidation sites excluding steroid dienone is 4. The van der Waals surface area contributed by atoms with Gasteiger partial charge in [-0.25, -0.2) is 0 Å². The van der Waals surface area contributed by atoms with Gasteiger partial charge < -0.3 is 14.9 Å². The molecule has 1 aromatic rings. The molecule has 6 rings (SSSR count). The summed E-state index contributed by atoms with van der Waals surface area (Å²) in [7, 11) is 0. The lowest BCUT2D eigenvalue weighted by molar-refractivity contribution is -0.251. The fourth-order valence-electron chi connectivity index (χ4n) is 8.88. The van der Waals surface area contributed by atoms with E-state index in [1.165, 1.54) is 0 Å². The highest BCUT2D eigenvalue weighted by Crippen LogP contribution is 2.70. The highest BCUT2D eigenvalue weighted by Gasteiger charge is 2.74. The molecule has 0 bridgehead atoms. The summed E-state index contributed by atoms with van der Waals surface area (Å²) in [5, 5.41) is 23.6. The van der Waals surface area contributed by atoms with Crippen LogP contribution in [0.15, 0.2) is 54.1 Å². The molecule has 7 nitrogen and oxygen atoms in total. The summed E-state index contributed by atoms with van der Waals surface area (Å²) in [6.07, 6.45) is 7.71. The van der Waals surface area contributed by atoms with E-state index in [2.05, 4.69) is 19.9 Å². The van der Waals surface area contributed by atoms with Crippen molar-refractivity contribution >= 4 is 11.6 Å². The number of aliphatic hydroxyl groups excluding tert-OH is 2. The third-order valence-corrected chi connectivity index (χ3v) is 10.4. The molecular weight excluding hydrogens is 470 g/mol. The van der Waals surface area contributed by atoms with Crippen molar-refractivity contribution < 1.29 is 29.4 Å². The topological polar surface area (TPSA) is 96.3 Å². The predicted molar refractivity (Wildman–Crippen MR) is 136 cm³/mol. The van der Waals surface area contributed by atoms with E-state index in [0.717, 1.165) is 24.2 Å². The number of ketones is 2. The maximum atomic E-state index is 13.5. The molecule has 2 saturated carbocycles. The molecule has 4 aliphatic carbocycles. The lowest BCUT2D eigenvalue weighted by Crippen LogP contribution is -2.63. The zero-order valence-electron chi connectivity index (χ0n) is 21.6. The van der Waals surface area contributed by atoms with Crippen LogP contribution in [0.3, 0.4) is 0 Å². The monoisotopic (exact) mass is 507 g/mol. The van der Waals surface area contributed by atoms with Crippen LogP contribution in [0.25, 0.3) is 0 Å².